The topological polar surface area (TPSA) is 63.2 Å². The van der Waals surface area contributed by atoms with Gasteiger partial charge in [0.2, 0.25) is 0 Å². The normalized spacial score (nSPS) is 10.2. The molecule has 0 saturated heterocycles. The van der Waals surface area contributed by atoms with Crippen LogP contribution in [0.3, 0.4) is 0 Å². The predicted molar refractivity (Wildman–Crippen MR) is 60.7 cm³/mol. The summed E-state index contributed by atoms with van der Waals surface area (Å²) in [5, 5.41) is 8.35. The van der Waals surface area contributed by atoms with Gasteiger partial charge in [0.25, 0.3) is 0 Å². The molecule has 0 amide bonds. The zero-order valence-corrected chi connectivity index (χ0v) is 9.25. The highest BCUT2D eigenvalue weighted by atomic mass is 32.1. The summed E-state index contributed by atoms with van der Waals surface area (Å²) >= 11 is 1.07. The van der Waals surface area contributed by atoms with Gasteiger partial charge in [-0.2, -0.15) is 5.26 Å². The minimum absolute atomic E-state index is 0.309. The average Bonchev–Trinajstić information content (AvgIpc) is 2.64. The average molecular weight is 235 g/mol. The van der Waals surface area contributed by atoms with Crippen LogP contribution in [0.25, 0.3) is 10.3 Å². The third-order valence-corrected chi connectivity index (χ3v) is 2.81. The Morgan fingerprint density at radius 1 is 1.50 bits per heavy atom. The Hall–Kier alpha value is -1.80. The molecule has 5 heteroatoms. The molecule has 1 aromatic heterocycles. The van der Waals surface area contributed by atoms with Crippen LogP contribution < -0.4 is 9.68 Å². The minimum atomic E-state index is -0.309. The molecule has 82 valence electrons. The molecule has 0 aliphatic heterocycles. The van der Waals surface area contributed by atoms with Crippen molar-refractivity contribution in [2.45, 2.75) is 12.8 Å². The summed E-state index contributed by atoms with van der Waals surface area (Å²) in [6.45, 7) is 0.493. The van der Waals surface area contributed by atoms with Crippen LogP contribution in [0, 0.1) is 11.3 Å². The fourth-order valence-corrected chi connectivity index (χ4v) is 1.93. The number of ether oxygens (including phenoxy) is 1. The Balaban J connectivity index is 2.08. The van der Waals surface area contributed by atoms with Crippen LogP contribution in [0.2, 0.25) is 0 Å². The maximum Gasteiger partial charge on any atom is 0.396 e. The lowest BCUT2D eigenvalue weighted by Gasteiger charge is -2.03. The van der Waals surface area contributed by atoms with E-state index in [0.29, 0.717) is 30.8 Å². The van der Waals surface area contributed by atoms with Gasteiger partial charge in [-0.1, -0.05) is 11.3 Å². The first-order valence-electron chi connectivity index (χ1n) is 4.83. The molecule has 0 aliphatic rings. The molecule has 0 unspecified atom stereocenters. The Labute approximate surface area is 95.7 Å². The predicted octanol–water partition coefficient (Wildman–Crippen LogP) is 2.54. The van der Waals surface area contributed by atoms with Gasteiger partial charge in [0, 0.05) is 12.5 Å². The molecule has 16 heavy (non-hydrogen) atoms. The standard InChI is InChI=1S/C11H9NO3S/c12-5-1-2-6-14-8-3-4-10-9(7-8)15-11(13)16-10/h3-4,7H,1-2,6H2. The van der Waals surface area contributed by atoms with Crippen molar-refractivity contribution in [1.82, 2.24) is 0 Å². The van der Waals surface area contributed by atoms with E-state index in [1.807, 2.05) is 6.07 Å². The highest BCUT2D eigenvalue weighted by Crippen LogP contribution is 2.22. The molecule has 0 bridgehead atoms. The third kappa shape index (κ3) is 2.41. The lowest BCUT2D eigenvalue weighted by Crippen LogP contribution is -1.96. The zero-order valence-electron chi connectivity index (χ0n) is 8.43. The molecule has 4 nitrogen and oxygen atoms in total. The highest BCUT2D eigenvalue weighted by molar-refractivity contribution is 7.16. The van der Waals surface area contributed by atoms with Crippen LogP contribution in [0.1, 0.15) is 12.8 Å². The highest BCUT2D eigenvalue weighted by Gasteiger charge is 2.03. The van der Waals surface area contributed by atoms with E-state index in [1.165, 1.54) is 0 Å². The second kappa shape index (κ2) is 4.81. The first-order chi connectivity index (χ1) is 7.79. The van der Waals surface area contributed by atoms with Crippen LogP contribution in [-0.2, 0) is 0 Å². The van der Waals surface area contributed by atoms with E-state index in [9.17, 15) is 4.79 Å². The van der Waals surface area contributed by atoms with Crippen LogP contribution in [0.15, 0.2) is 27.4 Å². The van der Waals surface area contributed by atoms with Crippen molar-refractivity contribution in [3.63, 3.8) is 0 Å². The second-order valence-corrected chi connectivity index (χ2v) is 4.15. The number of rotatable bonds is 4. The summed E-state index contributed by atoms with van der Waals surface area (Å²) < 4.78 is 11.2. The number of benzene rings is 1. The third-order valence-electron chi connectivity index (χ3n) is 2.00. The largest absolute Gasteiger partial charge is 0.493 e. The van der Waals surface area contributed by atoms with E-state index in [1.54, 1.807) is 18.2 Å². The number of hydrogen-bond donors (Lipinski definition) is 0. The van der Waals surface area contributed by atoms with Crippen molar-refractivity contribution < 1.29 is 9.15 Å². The van der Waals surface area contributed by atoms with Crippen molar-refractivity contribution in [1.29, 1.82) is 5.26 Å². The van der Waals surface area contributed by atoms with Gasteiger partial charge < -0.3 is 9.15 Å². The van der Waals surface area contributed by atoms with Crippen LogP contribution in [0.5, 0.6) is 5.75 Å². The first-order valence-corrected chi connectivity index (χ1v) is 5.65. The summed E-state index contributed by atoms with van der Waals surface area (Å²) in [6.07, 6.45) is 1.18. The molecule has 1 aromatic carbocycles. The molecular formula is C11H9NO3S. The lowest BCUT2D eigenvalue weighted by atomic mass is 10.3. The summed E-state index contributed by atoms with van der Waals surface area (Å²) in [7, 11) is 0. The Morgan fingerprint density at radius 2 is 2.38 bits per heavy atom. The minimum Gasteiger partial charge on any atom is -0.493 e. The summed E-state index contributed by atoms with van der Waals surface area (Å²) in [4.78, 5) is 10.7. The Kier molecular flexibility index (Phi) is 3.22. The van der Waals surface area contributed by atoms with Gasteiger partial charge in [-0.25, -0.2) is 4.79 Å². The van der Waals surface area contributed by atoms with Gasteiger partial charge in [0.05, 0.1) is 17.4 Å². The fourth-order valence-electron chi connectivity index (χ4n) is 1.28. The molecule has 0 aliphatic carbocycles. The molecule has 1 heterocycles. The Bertz CT molecular complexity index is 579. The van der Waals surface area contributed by atoms with Gasteiger partial charge in [0.15, 0.2) is 5.58 Å². The lowest BCUT2D eigenvalue weighted by molar-refractivity contribution is 0.312. The zero-order chi connectivity index (χ0) is 11.4. The molecule has 0 atom stereocenters. The van der Waals surface area contributed by atoms with E-state index in [0.717, 1.165) is 16.0 Å². The van der Waals surface area contributed by atoms with Crippen LogP contribution in [-0.4, -0.2) is 6.61 Å². The number of hydrogen-bond acceptors (Lipinski definition) is 5. The van der Waals surface area contributed by atoms with Gasteiger partial charge in [-0.05, 0) is 18.6 Å². The van der Waals surface area contributed by atoms with E-state index in [2.05, 4.69) is 0 Å². The van der Waals surface area contributed by atoms with Gasteiger partial charge in [0.1, 0.15) is 5.75 Å². The van der Waals surface area contributed by atoms with Gasteiger partial charge in [-0.15, -0.1) is 0 Å². The van der Waals surface area contributed by atoms with Crippen molar-refractivity contribution in [2.24, 2.45) is 0 Å². The summed E-state index contributed by atoms with van der Waals surface area (Å²) in [5.41, 5.74) is 0.549. The number of unbranched alkanes of at least 4 members (excludes halogenated alkanes) is 1. The number of nitriles is 1. The van der Waals surface area contributed by atoms with Crippen molar-refractivity contribution in [3.05, 3.63) is 27.9 Å². The molecule has 2 aromatic rings. The van der Waals surface area contributed by atoms with Gasteiger partial charge in [-0.3, -0.25) is 0 Å². The maximum absolute atomic E-state index is 11.0. The van der Waals surface area contributed by atoms with Gasteiger partial charge >= 0.3 is 4.94 Å². The maximum atomic E-state index is 11.0. The molecule has 0 radical (unpaired) electrons. The van der Waals surface area contributed by atoms with Crippen LogP contribution in [0.4, 0.5) is 0 Å². The van der Waals surface area contributed by atoms with Crippen molar-refractivity contribution in [3.8, 4) is 11.8 Å². The van der Waals surface area contributed by atoms with E-state index >= 15 is 0 Å². The van der Waals surface area contributed by atoms with E-state index in [-0.39, 0.29) is 4.94 Å². The van der Waals surface area contributed by atoms with Crippen LogP contribution >= 0.6 is 11.3 Å². The quantitative estimate of drug-likeness (QED) is 0.764. The molecular weight excluding hydrogens is 226 g/mol. The van der Waals surface area contributed by atoms with Crippen molar-refractivity contribution in [2.75, 3.05) is 6.61 Å². The Morgan fingerprint density at radius 3 is 3.19 bits per heavy atom. The SMILES string of the molecule is N#CCCCOc1ccc2sc(=O)oc2c1. The molecule has 0 N–H and O–H groups in total. The monoisotopic (exact) mass is 235 g/mol. The first kappa shape index (κ1) is 10.7. The summed E-state index contributed by atoms with van der Waals surface area (Å²) in [5.74, 6) is 0.659. The molecule has 0 fully saturated rings. The number of nitrogens with zero attached hydrogens (tertiary/aromatic N) is 1. The molecule has 0 saturated carbocycles. The van der Waals surface area contributed by atoms with E-state index in [4.69, 9.17) is 14.4 Å². The summed E-state index contributed by atoms with van der Waals surface area (Å²) in [6, 6.07) is 7.33. The fraction of sp³-hybridized carbons (Fsp3) is 0.273. The number of fused-ring (bicyclic) bond motifs is 1. The second-order valence-electron chi connectivity index (χ2n) is 3.17. The molecule has 0 spiro atoms. The van der Waals surface area contributed by atoms with E-state index < -0.39 is 0 Å². The smallest absolute Gasteiger partial charge is 0.396 e. The van der Waals surface area contributed by atoms with Crippen molar-refractivity contribution >= 4 is 21.6 Å². The molecule has 2 rings (SSSR count).